The summed E-state index contributed by atoms with van der Waals surface area (Å²) in [5.41, 5.74) is 3.01. The van der Waals surface area contributed by atoms with Crippen LogP contribution in [0.25, 0.3) is 0 Å². The van der Waals surface area contributed by atoms with E-state index in [0.717, 1.165) is 17.1 Å². The van der Waals surface area contributed by atoms with E-state index in [-0.39, 0.29) is 27.5 Å². The van der Waals surface area contributed by atoms with E-state index in [1.807, 2.05) is 59.9 Å². The Bertz CT molecular complexity index is 559. The first-order valence-electron chi connectivity index (χ1n) is 5.51. The molecule has 1 aliphatic heterocycles. The van der Waals surface area contributed by atoms with Crippen molar-refractivity contribution < 1.29 is 26.8 Å². The number of anilines is 3. The van der Waals surface area contributed by atoms with Crippen molar-refractivity contribution >= 4 is 17.1 Å². The Morgan fingerprint density at radius 2 is 1.44 bits per heavy atom. The summed E-state index contributed by atoms with van der Waals surface area (Å²) in [5.74, 6) is 0.286. The van der Waals surface area contributed by atoms with Gasteiger partial charge in [0, 0.05) is 33.1 Å². The van der Waals surface area contributed by atoms with Gasteiger partial charge in [-0.2, -0.15) is 0 Å². The topological polar surface area (TPSA) is 26.7 Å². The number of phenols is 1. The summed E-state index contributed by atoms with van der Waals surface area (Å²) in [5, 5.41) is 9.90. The van der Waals surface area contributed by atoms with Gasteiger partial charge in [0.05, 0.1) is 5.69 Å². The van der Waals surface area contributed by atoms with Crippen molar-refractivity contribution in [1.82, 2.24) is 0 Å². The van der Waals surface area contributed by atoms with E-state index in [9.17, 15) is 5.11 Å². The monoisotopic (exact) mass is 273 g/mol. The van der Waals surface area contributed by atoms with Gasteiger partial charge < -0.3 is 14.9 Å². The molecule has 0 atom stereocenters. The second kappa shape index (κ2) is 5.05. The van der Waals surface area contributed by atoms with Crippen molar-refractivity contribution in [2.75, 3.05) is 16.8 Å². The standard InChI is InChI=1S/C14H13N2O.Ti/c1-15-10-16(12-7-3-2-6-11(12)15)13-8-4-5-9-14(13)17;/h2-10,17H,1H3;/q-1;. The number of rotatable bonds is 1. The van der Waals surface area contributed by atoms with E-state index in [1.165, 1.54) is 0 Å². The number of nitrogens with zero attached hydrogens (tertiary/aromatic N) is 2. The van der Waals surface area contributed by atoms with Crippen molar-refractivity contribution in [2.24, 2.45) is 0 Å². The second-order valence-corrected chi connectivity index (χ2v) is 4.07. The van der Waals surface area contributed by atoms with E-state index in [0.29, 0.717) is 0 Å². The van der Waals surface area contributed by atoms with Gasteiger partial charge in [-0.15, -0.1) is 6.67 Å². The number of benzene rings is 2. The molecule has 1 N–H and O–H groups in total. The maximum atomic E-state index is 9.90. The largest absolute Gasteiger partial charge is 0.506 e. The molecule has 3 nitrogen and oxygen atoms in total. The minimum atomic E-state index is 0. The van der Waals surface area contributed by atoms with Crippen LogP contribution < -0.4 is 9.80 Å². The molecule has 0 saturated heterocycles. The molecule has 90 valence electrons. The first kappa shape index (κ1) is 13.0. The van der Waals surface area contributed by atoms with Crippen LogP contribution in [0.5, 0.6) is 5.75 Å². The quantitative estimate of drug-likeness (QED) is 0.639. The number of phenolic OH excluding ortho intramolecular Hbond substituents is 1. The summed E-state index contributed by atoms with van der Waals surface area (Å²) in [6.45, 7) is 1.97. The van der Waals surface area contributed by atoms with Crippen LogP contribution in [-0.4, -0.2) is 12.2 Å². The van der Waals surface area contributed by atoms with Gasteiger partial charge in [-0.3, -0.25) is 0 Å². The Kier molecular flexibility index (Phi) is 3.64. The van der Waals surface area contributed by atoms with E-state index in [4.69, 9.17) is 0 Å². The molecular weight excluding hydrogens is 260 g/mol. The van der Waals surface area contributed by atoms with Gasteiger partial charge in [-0.25, -0.2) is 0 Å². The minimum absolute atomic E-state index is 0. The summed E-state index contributed by atoms with van der Waals surface area (Å²) in [6, 6.07) is 15.5. The van der Waals surface area contributed by atoms with E-state index in [1.54, 1.807) is 6.07 Å². The van der Waals surface area contributed by atoms with Gasteiger partial charge in [0.1, 0.15) is 5.75 Å². The molecule has 0 radical (unpaired) electrons. The molecule has 1 aliphatic rings. The molecule has 0 unspecified atom stereocenters. The summed E-state index contributed by atoms with van der Waals surface area (Å²) in [6.07, 6.45) is 0. The fourth-order valence-electron chi connectivity index (χ4n) is 2.12. The van der Waals surface area contributed by atoms with E-state index >= 15 is 0 Å². The smallest absolute Gasteiger partial charge is 0.136 e. The first-order chi connectivity index (χ1) is 8.27. The molecule has 2 aromatic rings. The van der Waals surface area contributed by atoms with Crippen LogP contribution in [0, 0.1) is 6.67 Å². The van der Waals surface area contributed by atoms with Gasteiger partial charge in [0.2, 0.25) is 0 Å². The predicted octanol–water partition coefficient (Wildman–Crippen LogP) is 3.10. The molecule has 0 saturated carbocycles. The zero-order valence-electron chi connectivity index (χ0n) is 10.0. The second-order valence-electron chi connectivity index (χ2n) is 4.07. The molecule has 0 bridgehead atoms. The SMILES string of the molecule is CN1[CH-]N(c2ccccc2O)c2ccccc21.[Ti]. The van der Waals surface area contributed by atoms with Crippen molar-refractivity contribution in [2.45, 2.75) is 0 Å². The van der Waals surface area contributed by atoms with E-state index < -0.39 is 0 Å². The van der Waals surface area contributed by atoms with Crippen LogP contribution >= 0.6 is 0 Å². The average molecular weight is 273 g/mol. The Hall–Kier alpha value is -1.45. The number of fused-ring (bicyclic) bond motifs is 1. The molecule has 3 rings (SSSR count). The number of para-hydroxylation sites is 4. The number of hydrogen-bond acceptors (Lipinski definition) is 3. The maximum Gasteiger partial charge on any atom is 0.136 e. The zero-order chi connectivity index (χ0) is 11.8. The number of aromatic hydroxyl groups is 1. The third kappa shape index (κ3) is 2.00. The molecule has 0 spiro atoms. The van der Waals surface area contributed by atoms with E-state index in [2.05, 4.69) is 6.07 Å². The Morgan fingerprint density at radius 1 is 0.889 bits per heavy atom. The van der Waals surface area contributed by atoms with Crippen LogP contribution in [0.1, 0.15) is 0 Å². The molecular formula is C14H13N2OTi-. The summed E-state index contributed by atoms with van der Waals surface area (Å²) < 4.78 is 0. The number of hydrogen-bond donors (Lipinski definition) is 1. The molecule has 0 aliphatic carbocycles. The Balaban J connectivity index is 0.00000120. The first-order valence-corrected chi connectivity index (χ1v) is 5.51. The van der Waals surface area contributed by atoms with Crippen LogP contribution in [0.15, 0.2) is 48.5 Å². The van der Waals surface area contributed by atoms with Crippen LogP contribution in [0.3, 0.4) is 0 Å². The molecule has 0 amide bonds. The predicted molar refractivity (Wildman–Crippen MR) is 69.4 cm³/mol. The van der Waals surface area contributed by atoms with Gasteiger partial charge in [-0.05, 0) is 31.3 Å². The van der Waals surface area contributed by atoms with Crippen molar-refractivity contribution in [3.63, 3.8) is 0 Å². The summed E-state index contributed by atoms with van der Waals surface area (Å²) in [7, 11) is 2.00. The third-order valence-corrected chi connectivity index (χ3v) is 2.95. The van der Waals surface area contributed by atoms with Gasteiger partial charge in [-0.1, -0.05) is 24.3 Å². The van der Waals surface area contributed by atoms with Crippen LogP contribution in [-0.2, 0) is 21.7 Å². The average Bonchev–Trinajstić information content (AvgIpc) is 2.68. The Labute approximate surface area is 122 Å². The van der Waals surface area contributed by atoms with Crippen LogP contribution in [0.2, 0.25) is 0 Å². The van der Waals surface area contributed by atoms with Gasteiger partial charge in [0.25, 0.3) is 0 Å². The molecule has 0 aromatic heterocycles. The Morgan fingerprint density at radius 3 is 2.11 bits per heavy atom. The molecule has 4 heteroatoms. The van der Waals surface area contributed by atoms with Crippen molar-refractivity contribution in [1.29, 1.82) is 0 Å². The van der Waals surface area contributed by atoms with Crippen LogP contribution in [0.4, 0.5) is 17.1 Å². The van der Waals surface area contributed by atoms with Crippen molar-refractivity contribution in [3.8, 4) is 5.75 Å². The molecule has 18 heavy (non-hydrogen) atoms. The van der Waals surface area contributed by atoms with Gasteiger partial charge >= 0.3 is 0 Å². The molecule has 0 fully saturated rings. The molecule has 1 heterocycles. The molecule has 2 aromatic carbocycles. The van der Waals surface area contributed by atoms with Crippen molar-refractivity contribution in [3.05, 3.63) is 55.2 Å². The fraction of sp³-hybridized carbons (Fsp3) is 0.0714. The van der Waals surface area contributed by atoms with Gasteiger partial charge in [0.15, 0.2) is 0 Å². The summed E-state index contributed by atoms with van der Waals surface area (Å²) in [4.78, 5) is 4.03. The fourth-order valence-corrected chi connectivity index (χ4v) is 2.12. The maximum absolute atomic E-state index is 9.90. The third-order valence-electron chi connectivity index (χ3n) is 2.95. The normalized spacial score (nSPS) is 13.2. The minimum Gasteiger partial charge on any atom is -0.506 e. The zero-order valence-corrected chi connectivity index (χ0v) is 11.6. The summed E-state index contributed by atoms with van der Waals surface area (Å²) >= 11 is 0.